The lowest BCUT2D eigenvalue weighted by Crippen LogP contribution is -2.43. The number of guanidine groups is 1. The second kappa shape index (κ2) is 14.3. The Morgan fingerprint density at radius 2 is 1.90 bits per heavy atom. The first-order valence-corrected chi connectivity index (χ1v) is 11.8. The molecule has 0 radical (unpaired) electrons. The molecule has 1 unspecified atom stereocenters. The number of furan rings is 1. The van der Waals surface area contributed by atoms with Crippen molar-refractivity contribution < 1.29 is 4.42 Å². The second-order valence-electron chi connectivity index (χ2n) is 8.51. The van der Waals surface area contributed by atoms with Crippen LogP contribution in [0.3, 0.4) is 0 Å². The van der Waals surface area contributed by atoms with Crippen molar-refractivity contribution in [3.63, 3.8) is 0 Å². The maximum Gasteiger partial charge on any atom is 0.191 e. The third kappa shape index (κ3) is 8.04. The van der Waals surface area contributed by atoms with Crippen LogP contribution in [0.2, 0.25) is 0 Å². The van der Waals surface area contributed by atoms with Crippen LogP contribution in [0.1, 0.15) is 64.2 Å². The second-order valence-corrected chi connectivity index (χ2v) is 8.51. The first-order valence-electron chi connectivity index (χ1n) is 11.8. The van der Waals surface area contributed by atoms with E-state index in [-0.39, 0.29) is 30.0 Å². The predicted octanol–water partition coefficient (Wildman–Crippen LogP) is 4.10. The van der Waals surface area contributed by atoms with Gasteiger partial charge in [0.1, 0.15) is 5.76 Å². The van der Waals surface area contributed by atoms with E-state index in [1.807, 2.05) is 6.07 Å². The molecule has 1 atom stereocenters. The van der Waals surface area contributed by atoms with Crippen molar-refractivity contribution in [2.75, 3.05) is 52.4 Å². The van der Waals surface area contributed by atoms with Crippen LogP contribution in [0.25, 0.3) is 0 Å². The van der Waals surface area contributed by atoms with Gasteiger partial charge in [0.05, 0.1) is 18.8 Å². The number of halogens is 1. The topological polar surface area (TPSA) is 56.0 Å². The Hall–Kier alpha value is -0.800. The van der Waals surface area contributed by atoms with E-state index in [0.717, 1.165) is 50.4 Å². The lowest BCUT2D eigenvalue weighted by molar-refractivity contribution is 0.150. The van der Waals surface area contributed by atoms with Crippen LogP contribution in [0, 0.1) is 5.92 Å². The molecule has 2 saturated heterocycles. The minimum Gasteiger partial charge on any atom is -0.468 e. The lowest BCUT2D eigenvalue weighted by atomic mass is 9.97. The first kappa shape index (κ1) is 25.5. The zero-order valence-corrected chi connectivity index (χ0v) is 21.3. The molecule has 0 saturated carbocycles. The number of likely N-dealkylation sites (tertiary alicyclic amines) is 2. The number of hydrogen-bond donors (Lipinski definition) is 2. The molecule has 172 valence electrons. The van der Waals surface area contributed by atoms with Crippen LogP contribution < -0.4 is 10.6 Å². The summed E-state index contributed by atoms with van der Waals surface area (Å²) >= 11 is 0. The molecule has 0 aliphatic carbocycles. The molecule has 6 nitrogen and oxygen atoms in total. The van der Waals surface area contributed by atoms with E-state index in [1.165, 1.54) is 58.2 Å². The van der Waals surface area contributed by atoms with Gasteiger partial charge in [0, 0.05) is 13.1 Å². The van der Waals surface area contributed by atoms with Gasteiger partial charge in [0.15, 0.2) is 5.96 Å². The van der Waals surface area contributed by atoms with Crippen LogP contribution in [0.4, 0.5) is 0 Å². The maximum absolute atomic E-state index is 5.77. The monoisotopic (exact) mass is 531 g/mol. The number of rotatable bonds is 9. The summed E-state index contributed by atoms with van der Waals surface area (Å²) in [5, 5.41) is 7.05. The molecular weight excluding hydrogens is 489 g/mol. The third-order valence-electron chi connectivity index (χ3n) is 6.27. The van der Waals surface area contributed by atoms with Crippen molar-refractivity contribution in [1.29, 1.82) is 0 Å². The predicted molar refractivity (Wildman–Crippen MR) is 136 cm³/mol. The number of nitrogens with one attached hydrogen (secondary N) is 2. The zero-order chi connectivity index (χ0) is 20.3. The Bertz CT molecular complexity index is 580. The summed E-state index contributed by atoms with van der Waals surface area (Å²) in [7, 11) is 0. The molecule has 3 heterocycles. The molecule has 1 aromatic rings. The lowest BCUT2D eigenvalue weighted by Gasteiger charge is -2.33. The summed E-state index contributed by atoms with van der Waals surface area (Å²) in [5.74, 6) is 2.72. The van der Waals surface area contributed by atoms with Gasteiger partial charge in [-0.2, -0.15) is 0 Å². The van der Waals surface area contributed by atoms with Gasteiger partial charge in [-0.1, -0.05) is 13.3 Å². The molecule has 1 aromatic heterocycles. The fourth-order valence-corrected chi connectivity index (χ4v) is 4.59. The summed E-state index contributed by atoms with van der Waals surface area (Å²) in [6.45, 7) is 13.0. The van der Waals surface area contributed by atoms with Gasteiger partial charge in [-0.05, 0) is 89.8 Å². The molecule has 2 fully saturated rings. The maximum atomic E-state index is 5.77. The van der Waals surface area contributed by atoms with Crippen molar-refractivity contribution in [3.8, 4) is 0 Å². The third-order valence-corrected chi connectivity index (χ3v) is 6.27. The minimum atomic E-state index is 0. The average molecular weight is 532 g/mol. The molecule has 0 spiro atoms. The molecule has 0 aromatic carbocycles. The van der Waals surface area contributed by atoms with Crippen molar-refractivity contribution in [3.05, 3.63) is 24.2 Å². The molecule has 2 aliphatic heterocycles. The summed E-state index contributed by atoms with van der Waals surface area (Å²) < 4.78 is 5.77. The SMILES string of the molecule is CCCN1CCC(CNC(=NCC(c2ccco2)N2CCCCC2)NCC)CC1.I. The number of hydrogen-bond acceptors (Lipinski definition) is 4. The van der Waals surface area contributed by atoms with Gasteiger partial charge in [0.2, 0.25) is 0 Å². The molecule has 30 heavy (non-hydrogen) atoms. The molecule has 2 N–H and O–H groups in total. The quantitative estimate of drug-likeness (QED) is 0.286. The van der Waals surface area contributed by atoms with Crippen molar-refractivity contribution in [2.24, 2.45) is 10.9 Å². The molecule has 0 amide bonds. The summed E-state index contributed by atoms with van der Waals surface area (Å²) in [6, 6.07) is 4.32. The highest BCUT2D eigenvalue weighted by atomic mass is 127. The van der Waals surface area contributed by atoms with Gasteiger partial charge < -0.3 is 20.0 Å². The fourth-order valence-electron chi connectivity index (χ4n) is 4.59. The zero-order valence-electron chi connectivity index (χ0n) is 18.9. The molecular formula is C23H42IN5O. The van der Waals surface area contributed by atoms with Crippen LogP contribution in [-0.2, 0) is 0 Å². The van der Waals surface area contributed by atoms with Crippen LogP contribution >= 0.6 is 24.0 Å². The fraction of sp³-hybridized carbons (Fsp3) is 0.783. The Balaban J connectivity index is 0.00000320. The average Bonchev–Trinajstić information content (AvgIpc) is 3.29. The Kier molecular flexibility index (Phi) is 12.1. The number of piperidine rings is 2. The van der Waals surface area contributed by atoms with Gasteiger partial charge in [0.25, 0.3) is 0 Å². The van der Waals surface area contributed by atoms with E-state index in [4.69, 9.17) is 9.41 Å². The van der Waals surface area contributed by atoms with Crippen molar-refractivity contribution in [1.82, 2.24) is 20.4 Å². The Labute approximate surface area is 200 Å². The largest absolute Gasteiger partial charge is 0.468 e. The van der Waals surface area contributed by atoms with Gasteiger partial charge in [-0.3, -0.25) is 9.89 Å². The van der Waals surface area contributed by atoms with Gasteiger partial charge in [-0.25, -0.2) is 0 Å². The summed E-state index contributed by atoms with van der Waals surface area (Å²) in [4.78, 5) is 10.1. The van der Waals surface area contributed by atoms with E-state index >= 15 is 0 Å². The van der Waals surface area contributed by atoms with Crippen LogP contribution in [-0.4, -0.2) is 68.1 Å². The standard InChI is InChI=1S/C23H41N5O.HI/c1-3-12-27-15-10-20(11-16-27)18-25-23(24-4-2)26-19-21(22-9-8-17-29-22)28-13-6-5-7-14-28;/h8-9,17,20-21H,3-7,10-16,18-19H2,1-2H3,(H2,24,25,26);1H. The highest BCUT2D eigenvalue weighted by Gasteiger charge is 2.24. The van der Waals surface area contributed by atoms with Crippen molar-refractivity contribution in [2.45, 2.75) is 58.4 Å². The van der Waals surface area contributed by atoms with Crippen LogP contribution in [0.15, 0.2) is 27.8 Å². The summed E-state index contributed by atoms with van der Waals surface area (Å²) in [5.41, 5.74) is 0. The molecule has 2 aliphatic rings. The van der Waals surface area contributed by atoms with E-state index in [2.05, 4.69) is 40.3 Å². The highest BCUT2D eigenvalue weighted by Crippen LogP contribution is 2.25. The van der Waals surface area contributed by atoms with E-state index in [0.29, 0.717) is 0 Å². The first-order chi connectivity index (χ1) is 14.3. The Morgan fingerprint density at radius 3 is 2.53 bits per heavy atom. The van der Waals surface area contributed by atoms with Crippen molar-refractivity contribution >= 4 is 29.9 Å². The van der Waals surface area contributed by atoms with Gasteiger partial charge in [-0.15, -0.1) is 24.0 Å². The summed E-state index contributed by atoms with van der Waals surface area (Å²) in [6.07, 6.45) is 9.50. The Morgan fingerprint density at radius 1 is 1.13 bits per heavy atom. The number of aliphatic imine (C=N–C) groups is 1. The number of nitrogens with zero attached hydrogens (tertiary/aromatic N) is 3. The van der Waals surface area contributed by atoms with E-state index in [9.17, 15) is 0 Å². The smallest absolute Gasteiger partial charge is 0.191 e. The molecule has 0 bridgehead atoms. The van der Waals surface area contributed by atoms with Crippen LogP contribution in [0.5, 0.6) is 0 Å². The molecule has 7 heteroatoms. The molecule has 3 rings (SSSR count). The normalized spacial score (nSPS) is 20.5. The van der Waals surface area contributed by atoms with Gasteiger partial charge >= 0.3 is 0 Å². The van der Waals surface area contributed by atoms with E-state index < -0.39 is 0 Å². The highest BCUT2D eigenvalue weighted by molar-refractivity contribution is 14.0. The van der Waals surface area contributed by atoms with E-state index in [1.54, 1.807) is 6.26 Å². The minimum absolute atomic E-state index is 0.